The lowest BCUT2D eigenvalue weighted by Crippen LogP contribution is -2.46. The minimum Gasteiger partial charge on any atom is -0.493 e. The molecular weight excluding hydrogens is 432 g/mol. The van der Waals surface area contributed by atoms with Crippen molar-refractivity contribution in [2.75, 3.05) is 19.0 Å². The molecule has 182 valence electrons. The van der Waals surface area contributed by atoms with Crippen molar-refractivity contribution in [1.82, 2.24) is 14.7 Å². The number of nitrogens with one attached hydrogen (secondary N) is 1. The smallest absolute Gasteiger partial charge is 0.251 e. The number of anilines is 1. The summed E-state index contributed by atoms with van der Waals surface area (Å²) in [7, 11) is 1.58. The van der Waals surface area contributed by atoms with E-state index in [0.717, 1.165) is 25.8 Å². The second-order valence-electron chi connectivity index (χ2n) is 9.04. The first-order chi connectivity index (χ1) is 16.6. The number of hydrogen-bond acceptors (Lipinski definition) is 5. The van der Waals surface area contributed by atoms with Crippen molar-refractivity contribution >= 4 is 17.6 Å². The van der Waals surface area contributed by atoms with Crippen LogP contribution in [0.2, 0.25) is 0 Å². The van der Waals surface area contributed by atoms with Gasteiger partial charge in [-0.2, -0.15) is 5.10 Å². The van der Waals surface area contributed by atoms with Gasteiger partial charge in [0.05, 0.1) is 13.7 Å². The topological polar surface area (TPSA) is 85.7 Å². The zero-order chi connectivity index (χ0) is 23.9. The van der Waals surface area contributed by atoms with Crippen molar-refractivity contribution in [2.24, 2.45) is 5.92 Å². The predicted molar refractivity (Wildman–Crippen MR) is 130 cm³/mol. The molecule has 1 atom stereocenters. The van der Waals surface area contributed by atoms with Crippen molar-refractivity contribution in [3.8, 4) is 11.5 Å². The summed E-state index contributed by atoms with van der Waals surface area (Å²) in [5, 5.41) is 7.38. The highest BCUT2D eigenvalue weighted by Crippen LogP contribution is 2.32. The fraction of sp³-hybridized carbons (Fsp3) is 0.500. The fourth-order valence-corrected chi connectivity index (χ4v) is 4.79. The highest BCUT2D eigenvalue weighted by atomic mass is 16.5. The fourth-order valence-electron chi connectivity index (χ4n) is 4.79. The van der Waals surface area contributed by atoms with Crippen LogP contribution in [0.3, 0.4) is 0 Å². The third-order valence-electron chi connectivity index (χ3n) is 6.51. The molecule has 0 bridgehead atoms. The molecule has 0 saturated heterocycles. The first-order valence-corrected chi connectivity index (χ1v) is 12.2. The van der Waals surface area contributed by atoms with Gasteiger partial charge < -0.3 is 19.7 Å². The molecule has 2 heterocycles. The molecule has 1 saturated carbocycles. The number of aryl methyl sites for hydroxylation is 1. The lowest BCUT2D eigenvalue weighted by Gasteiger charge is -2.31. The average molecular weight is 467 g/mol. The monoisotopic (exact) mass is 466 g/mol. The van der Waals surface area contributed by atoms with Crippen LogP contribution in [-0.2, 0) is 16.1 Å². The normalized spacial score (nSPS) is 17.4. The van der Waals surface area contributed by atoms with Crippen LogP contribution < -0.4 is 14.8 Å². The lowest BCUT2D eigenvalue weighted by molar-refractivity contribution is -0.134. The molecule has 8 heteroatoms. The Bertz CT molecular complexity index is 1030. The van der Waals surface area contributed by atoms with E-state index in [4.69, 9.17) is 9.47 Å². The standard InChI is InChI=1S/C26H34N4O4/c1-3-14-29-15-13-24(28-29)27-26(32)21(16-19-9-5-4-6-10-19)30-18-20(17-25(30)31)34-23-12-8-7-11-22(23)33-2/h7-8,11-13,15,17,19,21H,3-6,9-10,14,16,18H2,1-2H3,(H,27,28,32)/t21-/m0/s1. The van der Waals surface area contributed by atoms with Gasteiger partial charge in [-0.3, -0.25) is 14.3 Å². The van der Waals surface area contributed by atoms with E-state index >= 15 is 0 Å². The van der Waals surface area contributed by atoms with Gasteiger partial charge in [-0.25, -0.2) is 0 Å². The number of ether oxygens (including phenoxy) is 2. The summed E-state index contributed by atoms with van der Waals surface area (Å²) < 4.78 is 13.2. The Hall–Kier alpha value is -3.29. The van der Waals surface area contributed by atoms with E-state index in [1.807, 2.05) is 23.0 Å². The van der Waals surface area contributed by atoms with Crippen molar-refractivity contribution in [2.45, 2.75) is 64.5 Å². The van der Waals surface area contributed by atoms with Gasteiger partial charge in [0, 0.05) is 24.9 Å². The maximum absolute atomic E-state index is 13.4. The Kier molecular flexibility index (Phi) is 7.87. The van der Waals surface area contributed by atoms with Crippen LogP contribution in [0.25, 0.3) is 0 Å². The molecule has 0 radical (unpaired) electrons. The molecule has 1 aromatic carbocycles. The van der Waals surface area contributed by atoms with E-state index in [0.29, 0.717) is 35.4 Å². The van der Waals surface area contributed by atoms with Gasteiger partial charge in [0.15, 0.2) is 17.3 Å². The number of carbonyl (C=O) groups is 2. The molecule has 0 spiro atoms. The number of methoxy groups -OCH3 is 1. The molecule has 1 fully saturated rings. The summed E-state index contributed by atoms with van der Waals surface area (Å²) >= 11 is 0. The molecule has 1 aromatic heterocycles. The number of rotatable bonds is 10. The number of aromatic nitrogens is 2. The van der Waals surface area contributed by atoms with E-state index in [9.17, 15) is 9.59 Å². The Morgan fingerprint density at radius 2 is 1.94 bits per heavy atom. The predicted octanol–water partition coefficient (Wildman–Crippen LogP) is 4.38. The van der Waals surface area contributed by atoms with Gasteiger partial charge in [-0.15, -0.1) is 0 Å². The van der Waals surface area contributed by atoms with Crippen molar-refractivity contribution in [3.05, 3.63) is 48.4 Å². The van der Waals surface area contributed by atoms with Crippen LogP contribution in [0.5, 0.6) is 11.5 Å². The van der Waals surface area contributed by atoms with E-state index in [-0.39, 0.29) is 18.4 Å². The Morgan fingerprint density at radius 1 is 1.18 bits per heavy atom. The second-order valence-corrected chi connectivity index (χ2v) is 9.04. The molecule has 4 rings (SSSR count). The van der Waals surface area contributed by atoms with Gasteiger partial charge in [0.25, 0.3) is 5.91 Å². The van der Waals surface area contributed by atoms with Crippen molar-refractivity contribution in [1.29, 1.82) is 0 Å². The molecule has 2 aliphatic rings. The summed E-state index contributed by atoms with van der Waals surface area (Å²) in [6, 6.07) is 8.53. The minimum absolute atomic E-state index is 0.201. The number of amides is 2. The van der Waals surface area contributed by atoms with Gasteiger partial charge in [0.1, 0.15) is 11.8 Å². The molecular formula is C26H34N4O4. The summed E-state index contributed by atoms with van der Waals surface area (Å²) in [6.45, 7) is 3.11. The van der Waals surface area contributed by atoms with Crippen LogP contribution in [0.1, 0.15) is 51.9 Å². The van der Waals surface area contributed by atoms with E-state index in [2.05, 4.69) is 17.3 Å². The van der Waals surface area contributed by atoms with E-state index in [1.54, 1.807) is 30.2 Å². The molecule has 2 amide bonds. The molecule has 1 aliphatic carbocycles. The van der Waals surface area contributed by atoms with Crippen molar-refractivity contribution in [3.63, 3.8) is 0 Å². The molecule has 8 nitrogen and oxygen atoms in total. The first kappa shape index (κ1) is 23.9. The number of benzene rings is 1. The Balaban J connectivity index is 1.48. The zero-order valence-electron chi connectivity index (χ0n) is 20.0. The van der Waals surface area contributed by atoms with E-state index < -0.39 is 6.04 Å². The number of para-hydroxylation sites is 2. The largest absolute Gasteiger partial charge is 0.493 e. The zero-order valence-corrected chi connectivity index (χ0v) is 20.0. The molecule has 2 aromatic rings. The van der Waals surface area contributed by atoms with Gasteiger partial charge >= 0.3 is 0 Å². The summed E-state index contributed by atoms with van der Waals surface area (Å²) in [5.41, 5.74) is 0. The number of nitrogens with zero attached hydrogens (tertiary/aromatic N) is 3. The summed E-state index contributed by atoms with van der Waals surface area (Å²) in [4.78, 5) is 28.0. The molecule has 0 unspecified atom stereocenters. The highest BCUT2D eigenvalue weighted by Gasteiger charge is 2.36. The maximum Gasteiger partial charge on any atom is 0.251 e. The number of hydrogen-bond donors (Lipinski definition) is 1. The van der Waals surface area contributed by atoms with Crippen LogP contribution in [0, 0.1) is 5.92 Å². The Morgan fingerprint density at radius 3 is 2.68 bits per heavy atom. The molecule has 34 heavy (non-hydrogen) atoms. The van der Waals surface area contributed by atoms with Gasteiger partial charge in [0.2, 0.25) is 5.91 Å². The average Bonchev–Trinajstić information content (AvgIpc) is 3.44. The lowest BCUT2D eigenvalue weighted by atomic mass is 9.84. The van der Waals surface area contributed by atoms with Crippen LogP contribution in [-0.4, -0.2) is 46.2 Å². The maximum atomic E-state index is 13.4. The van der Waals surface area contributed by atoms with E-state index in [1.165, 1.54) is 25.3 Å². The van der Waals surface area contributed by atoms with Crippen molar-refractivity contribution < 1.29 is 19.1 Å². The van der Waals surface area contributed by atoms with Gasteiger partial charge in [-0.05, 0) is 30.9 Å². The highest BCUT2D eigenvalue weighted by molar-refractivity contribution is 5.99. The second kappa shape index (κ2) is 11.2. The van der Waals surface area contributed by atoms with Crippen LogP contribution >= 0.6 is 0 Å². The van der Waals surface area contributed by atoms with Gasteiger partial charge in [-0.1, -0.05) is 51.2 Å². The SMILES string of the molecule is CCCn1ccc(NC(=O)[C@H](CC2CCCCC2)N2CC(Oc3ccccc3OC)=CC2=O)n1. The molecule has 1 aliphatic heterocycles. The first-order valence-electron chi connectivity index (χ1n) is 12.2. The summed E-state index contributed by atoms with van der Waals surface area (Å²) in [5.74, 6) is 2.16. The summed E-state index contributed by atoms with van der Waals surface area (Å²) in [6.07, 6.45) is 10.7. The molecule has 1 N–H and O–H groups in total. The van der Waals surface area contributed by atoms with Crippen LogP contribution in [0.4, 0.5) is 5.82 Å². The third-order valence-corrected chi connectivity index (χ3v) is 6.51. The minimum atomic E-state index is -0.582. The number of carbonyl (C=O) groups excluding carboxylic acids is 2. The quantitative estimate of drug-likeness (QED) is 0.562. The third kappa shape index (κ3) is 5.79. The Labute approximate surface area is 200 Å². The van der Waals surface area contributed by atoms with Crippen LogP contribution in [0.15, 0.2) is 48.4 Å².